The van der Waals surface area contributed by atoms with Gasteiger partial charge < -0.3 is 10.1 Å². The second-order valence-corrected chi connectivity index (χ2v) is 7.04. The molecule has 0 aliphatic rings. The first kappa shape index (κ1) is 17.4. The molecule has 0 heterocycles. The van der Waals surface area contributed by atoms with Crippen molar-refractivity contribution in [3.05, 3.63) is 28.0 Å². The molecule has 1 rings (SSSR count). The summed E-state index contributed by atoms with van der Waals surface area (Å²) in [5.41, 5.74) is -0.399. The zero-order valence-corrected chi connectivity index (χ0v) is 13.6. The number of hydrogen-bond donors (Lipinski definition) is 1. The highest BCUT2D eigenvalue weighted by Gasteiger charge is 2.21. The van der Waals surface area contributed by atoms with E-state index in [0.717, 1.165) is 12.1 Å². The van der Waals surface area contributed by atoms with Crippen LogP contribution in [0.25, 0.3) is 0 Å². The van der Waals surface area contributed by atoms with Crippen LogP contribution in [0.4, 0.5) is 4.39 Å². The third-order valence-electron chi connectivity index (χ3n) is 2.26. The fourth-order valence-corrected chi connectivity index (χ4v) is 3.53. The Bertz CT molecular complexity index is 609. The molecule has 1 aromatic carbocycles. The van der Waals surface area contributed by atoms with Crippen molar-refractivity contribution in [2.75, 3.05) is 19.8 Å². The molecule has 0 atom stereocenters. The molecule has 0 unspecified atom stereocenters. The Kier molecular flexibility index (Phi) is 6.38. The molecule has 0 fully saturated rings. The van der Waals surface area contributed by atoms with E-state index in [9.17, 15) is 17.6 Å². The number of ether oxygens (including phenoxy) is 1. The number of amides is 1. The van der Waals surface area contributed by atoms with Crippen LogP contribution in [0.3, 0.4) is 0 Å². The summed E-state index contributed by atoms with van der Waals surface area (Å²) in [6, 6.07) is 1.77. The molecule has 0 aliphatic heterocycles. The maximum atomic E-state index is 13.7. The monoisotopic (exact) mass is 387 g/mol. The van der Waals surface area contributed by atoms with Gasteiger partial charge in [0, 0.05) is 28.3 Å². The summed E-state index contributed by atoms with van der Waals surface area (Å²) in [5.74, 6) is -1.59. The summed E-state index contributed by atoms with van der Waals surface area (Å²) < 4.78 is 41.3. The first-order valence-corrected chi connectivity index (χ1v) is 8.67. The number of benzene rings is 1. The van der Waals surface area contributed by atoms with E-state index in [1.54, 1.807) is 6.92 Å². The van der Waals surface area contributed by atoms with Crippen LogP contribution in [0.2, 0.25) is 0 Å². The molecule has 0 aliphatic carbocycles. The highest BCUT2D eigenvalue weighted by Crippen LogP contribution is 2.28. The van der Waals surface area contributed by atoms with Gasteiger partial charge in [0.15, 0.2) is 0 Å². The zero-order valence-electron chi connectivity index (χ0n) is 10.5. The summed E-state index contributed by atoms with van der Waals surface area (Å²) in [6.07, 6.45) is 0. The van der Waals surface area contributed by atoms with Crippen LogP contribution < -0.4 is 5.32 Å². The molecule has 1 aromatic rings. The standard InChI is InChI=1S/C11H12BrClFNO4S/c1-2-19-4-3-15-11(16)7-5-10(20(13,17)18)8(12)6-9(7)14/h5-6H,2-4H2,1H3,(H,15,16). The van der Waals surface area contributed by atoms with Crippen molar-refractivity contribution >= 4 is 41.6 Å². The van der Waals surface area contributed by atoms with Crippen molar-refractivity contribution in [3.63, 3.8) is 0 Å². The molecule has 112 valence electrons. The Morgan fingerprint density at radius 2 is 2.15 bits per heavy atom. The van der Waals surface area contributed by atoms with Crippen LogP contribution in [-0.2, 0) is 13.8 Å². The largest absolute Gasteiger partial charge is 0.380 e. The lowest BCUT2D eigenvalue weighted by molar-refractivity contribution is 0.0918. The van der Waals surface area contributed by atoms with Gasteiger partial charge in [-0.05, 0) is 35.0 Å². The summed E-state index contributed by atoms with van der Waals surface area (Å²) in [5, 5.41) is 2.42. The van der Waals surface area contributed by atoms with E-state index in [2.05, 4.69) is 21.2 Å². The summed E-state index contributed by atoms with van der Waals surface area (Å²) in [7, 11) is 1.13. The summed E-state index contributed by atoms with van der Waals surface area (Å²) in [4.78, 5) is 11.4. The fraction of sp³-hybridized carbons (Fsp3) is 0.364. The van der Waals surface area contributed by atoms with E-state index >= 15 is 0 Å². The summed E-state index contributed by atoms with van der Waals surface area (Å²) in [6.45, 7) is 2.76. The third-order valence-corrected chi connectivity index (χ3v) is 4.55. The lowest BCUT2D eigenvalue weighted by atomic mass is 10.2. The Balaban J connectivity index is 2.98. The van der Waals surface area contributed by atoms with Gasteiger partial charge >= 0.3 is 0 Å². The topological polar surface area (TPSA) is 72.5 Å². The van der Waals surface area contributed by atoms with Crippen LogP contribution in [0.5, 0.6) is 0 Å². The van der Waals surface area contributed by atoms with Crippen molar-refractivity contribution in [2.45, 2.75) is 11.8 Å². The van der Waals surface area contributed by atoms with Crippen molar-refractivity contribution < 1.29 is 22.3 Å². The van der Waals surface area contributed by atoms with Crippen LogP contribution in [0.15, 0.2) is 21.5 Å². The minimum Gasteiger partial charge on any atom is -0.380 e. The van der Waals surface area contributed by atoms with Crippen LogP contribution in [0, 0.1) is 5.82 Å². The molecule has 0 saturated carbocycles. The van der Waals surface area contributed by atoms with Crippen molar-refractivity contribution in [3.8, 4) is 0 Å². The van der Waals surface area contributed by atoms with Gasteiger partial charge in [0.25, 0.3) is 15.0 Å². The molecule has 0 bridgehead atoms. The predicted molar refractivity (Wildman–Crippen MR) is 76.0 cm³/mol. The van der Waals surface area contributed by atoms with Gasteiger partial charge in [-0.25, -0.2) is 12.8 Å². The van der Waals surface area contributed by atoms with E-state index in [-0.39, 0.29) is 22.5 Å². The fourth-order valence-electron chi connectivity index (χ4n) is 1.37. The molecular formula is C11H12BrClFNO4S. The van der Waals surface area contributed by atoms with E-state index in [4.69, 9.17) is 15.4 Å². The average molecular weight is 389 g/mol. The van der Waals surface area contributed by atoms with Gasteiger partial charge in [0.2, 0.25) is 0 Å². The van der Waals surface area contributed by atoms with E-state index in [0.29, 0.717) is 6.61 Å². The average Bonchev–Trinajstić information content (AvgIpc) is 2.32. The zero-order chi connectivity index (χ0) is 15.3. The second-order valence-electron chi connectivity index (χ2n) is 3.65. The molecule has 1 N–H and O–H groups in total. The smallest absolute Gasteiger partial charge is 0.262 e. The first-order chi connectivity index (χ1) is 9.27. The number of halogens is 3. The molecule has 0 radical (unpaired) electrons. The Hall–Kier alpha value is -0.700. The minimum absolute atomic E-state index is 0.0455. The van der Waals surface area contributed by atoms with E-state index in [1.807, 2.05) is 0 Å². The van der Waals surface area contributed by atoms with Gasteiger partial charge in [0.05, 0.1) is 17.1 Å². The molecule has 1 amide bonds. The second kappa shape index (κ2) is 7.35. The summed E-state index contributed by atoms with van der Waals surface area (Å²) >= 11 is 2.88. The highest BCUT2D eigenvalue weighted by molar-refractivity contribution is 9.10. The number of nitrogens with one attached hydrogen (secondary N) is 1. The first-order valence-electron chi connectivity index (χ1n) is 5.57. The van der Waals surface area contributed by atoms with Gasteiger partial charge in [-0.3, -0.25) is 4.79 Å². The predicted octanol–water partition coefficient (Wildman–Crippen LogP) is 2.28. The number of rotatable bonds is 6. The lowest BCUT2D eigenvalue weighted by Crippen LogP contribution is -2.28. The van der Waals surface area contributed by atoms with Crippen LogP contribution >= 0.6 is 26.6 Å². The molecule has 0 saturated heterocycles. The van der Waals surface area contributed by atoms with Crippen molar-refractivity contribution in [2.24, 2.45) is 0 Å². The Morgan fingerprint density at radius 3 is 2.70 bits per heavy atom. The minimum atomic E-state index is -4.08. The number of hydrogen-bond acceptors (Lipinski definition) is 4. The molecule has 0 aromatic heterocycles. The van der Waals surface area contributed by atoms with Crippen LogP contribution in [-0.4, -0.2) is 34.1 Å². The Morgan fingerprint density at radius 1 is 1.50 bits per heavy atom. The van der Waals surface area contributed by atoms with Crippen LogP contribution in [0.1, 0.15) is 17.3 Å². The molecule has 0 spiro atoms. The molecule has 9 heteroatoms. The number of carbonyl (C=O) groups is 1. The van der Waals surface area contributed by atoms with Crippen molar-refractivity contribution in [1.82, 2.24) is 5.32 Å². The number of carbonyl (C=O) groups excluding carboxylic acids is 1. The third kappa shape index (κ3) is 4.69. The molecule has 20 heavy (non-hydrogen) atoms. The van der Waals surface area contributed by atoms with Crippen molar-refractivity contribution in [1.29, 1.82) is 0 Å². The quantitative estimate of drug-likeness (QED) is 0.599. The van der Waals surface area contributed by atoms with Gasteiger partial charge in [-0.15, -0.1) is 0 Å². The normalized spacial score (nSPS) is 11.4. The SMILES string of the molecule is CCOCCNC(=O)c1cc(S(=O)(=O)Cl)c(Br)cc1F. The molecular weight excluding hydrogens is 377 g/mol. The van der Waals surface area contributed by atoms with E-state index in [1.165, 1.54) is 0 Å². The molecule has 5 nitrogen and oxygen atoms in total. The maximum Gasteiger partial charge on any atom is 0.262 e. The van der Waals surface area contributed by atoms with Gasteiger partial charge in [-0.2, -0.15) is 0 Å². The highest BCUT2D eigenvalue weighted by atomic mass is 79.9. The van der Waals surface area contributed by atoms with E-state index < -0.39 is 26.3 Å². The lowest BCUT2D eigenvalue weighted by Gasteiger charge is -2.08. The Labute approximate surface area is 129 Å². The maximum absolute atomic E-state index is 13.7. The van der Waals surface area contributed by atoms with Gasteiger partial charge in [0.1, 0.15) is 5.82 Å². The van der Waals surface area contributed by atoms with Gasteiger partial charge in [-0.1, -0.05) is 0 Å².